The van der Waals surface area contributed by atoms with E-state index in [9.17, 15) is 23.7 Å². The van der Waals surface area contributed by atoms with Gasteiger partial charge < -0.3 is 10.1 Å². The van der Waals surface area contributed by atoms with Crippen molar-refractivity contribution >= 4 is 5.69 Å². The van der Waals surface area contributed by atoms with Gasteiger partial charge in [-0.2, -0.15) is 0 Å². The molecule has 0 bridgehead atoms. The second-order valence-corrected chi connectivity index (χ2v) is 2.35. The van der Waals surface area contributed by atoms with Crippen LogP contribution in [-0.2, 0) is 0 Å². The van der Waals surface area contributed by atoms with Crippen molar-refractivity contribution in [3.05, 3.63) is 32.2 Å². The van der Waals surface area contributed by atoms with Gasteiger partial charge in [-0.05, 0) is 0 Å². The molecule has 0 aliphatic heterocycles. The summed E-state index contributed by atoms with van der Waals surface area (Å²) in [5, 5.41) is 19.0. The van der Waals surface area contributed by atoms with E-state index in [1.165, 1.54) is 0 Å². The van der Waals surface area contributed by atoms with Crippen molar-refractivity contribution in [1.29, 1.82) is 0 Å². The summed E-state index contributed by atoms with van der Waals surface area (Å²) in [6, 6.07) is 0.418. The Hall–Kier alpha value is -1.99. The largest absolute Gasteiger partial charge is 0.498 e. The van der Waals surface area contributed by atoms with Crippen molar-refractivity contribution in [3.8, 4) is 5.75 Å². The lowest BCUT2D eigenvalue weighted by Gasteiger charge is -2.00. The Morgan fingerprint density at radius 3 is 2.57 bits per heavy atom. The first-order valence-corrected chi connectivity index (χ1v) is 3.32. The van der Waals surface area contributed by atoms with Gasteiger partial charge in [-0.1, -0.05) is 0 Å². The molecule has 2 N–H and O–H groups in total. The molecule has 0 unspecified atom stereocenters. The van der Waals surface area contributed by atoms with Gasteiger partial charge in [-0.3, -0.25) is 14.9 Å². The molecule has 0 aromatic carbocycles. The summed E-state index contributed by atoms with van der Waals surface area (Å²) in [6.07, 6.45) is -3.04. The molecule has 8 heteroatoms. The zero-order valence-corrected chi connectivity index (χ0v) is 6.53. The molecule has 0 atom stereocenters. The number of nitro groups is 1. The first kappa shape index (κ1) is 10.1. The molecule has 0 radical (unpaired) electrons. The Bertz CT molecular complexity index is 428. The Morgan fingerprint density at radius 1 is 1.57 bits per heavy atom. The Balaban J connectivity index is 3.43. The number of aromatic hydroxyl groups is 1. The quantitative estimate of drug-likeness (QED) is 0.555. The van der Waals surface area contributed by atoms with Crippen LogP contribution >= 0.6 is 0 Å². The molecule has 1 heterocycles. The van der Waals surface area contributed by atoms with Crippen LogP contribution in [0.5, 0.6) is 5.75 Å². The van der Waals surface area contributed by atoms with Crippen molar-refractivity contribution in [2.75, 3.05) is 0 Å². The summed E-state index contributed by atoms with van der Waals surface area (Å²) < 4.78 is 24.1. The molecule has 0 aliphatic rings. The van der Waals surface area contributed by atoms with Crippen molar-refractivity contribution in [2.45, 2.75) is 6.43 Å². The first-order valence-electron chi connectivity index (χ1n) is 3.32. The van der Waals surface area contributed by atoms with Crippen LogP contribution in [-0.4, -0.2) is 15.0 Å². The van der Waals surface area contributed by atoms with E-state index in [2.05, 4.69) is 0 Å². The number of rotatable bonds is 2. The number of hydrogen-bond donors (Lipinski definition) is 2. The number of alkyl halides is 2. The average Bonchev–Trinajstić information content (AvgIpc) is 2.08. The number of H-pyrrole nitrogens is 1. The number of halogens is 2. The fourth-order valence-electron chi connectivity index (χ4n) is 0.815. The van der Waals surface area contributed by atoms with Gasteiger partial charge in [-0.15, -0.1) is 0 Å². The molecular weight excluding hydrogens is 202 g/mol. The number of pyridine rings is 1. The van der Waals surface area contributed by atoms with Crippen LogP contribution in [0.3, 0.4) is 0 Å². The van der Waals surface area contributed by atoms with Crippen molar-refractivity contribution in [1.82, 2.24) is 4.98 Å². The van der Waals surface area contributed by atoms with Gasteiger partial charge in [0, 0.05) is 6.07 Å². The lowest BCUT2D eigenvalue weighted by atomic mass is 10.3. The van der Waals surface area contributed by atoms with Crippen molar-refractivity contribution in [3.63, 3.8) is 0 Å². The summed E-state index contributed by atoms with van der Waals surface area (Å²) in [7, 11) is 0. The highest BCUT2D eigenvalue weighted by Gasteiger charge is 2.21. The predicted molar refractivity (Wildman–Crippen MR) is 40.3 cm³/mol. The lowest BCUT2D eigenvalue weighted by molar-refractivity contribution is -0.386. The van der Waals surface area contributed by atoms with Gasteiger partial charge in [0.05, 0.1) is 10.6 Å². The third-order valence-corrected chi connectivity index (χ3v) is 1.44. The van der Waals surface area contributed by atoms with Gasteiger partial charge in [0.2, 0.25) is 0 Å². The number of nitrogens with zero attached hydrogens (tertiary/aromatic N) is 1. The third-order valence-electron chi connectivity index (χ3n) is 1.44. The van der Waals surface area contributed by atoms with Gasteiger partial charge in [0.25, 0.3) is 17.7 Å². The molecule has 0 amide bonds. The number of aromatic nitrogens is 1. The van der Waals surface area contributed by atoms with E-state index in [4.69, 9.17) is 5.11 Å². The zero-order valence-electron chi connectivity index (χ0n) is 6.53. The standard InChI is InChI=1S/C6H4F2N2O4/c7-5(8)2-1-3(10(13)14)4(11)6(12)9-2/h1,5,11H,(H,9,12). The van der Waals surface area contributed by atoms with E-state index in [1.54, 1.807) is 4.98 Å². The average molecular weight is 206 g/mol. The maximum absolute atomic E-state index is 12.0. The normalized spacial score (nSPS) is 10.5. The Labute approximate surface area is 75.0 Å². The SMILES string of the molecule is O=c1[nH]c(C(F)F)cc([N+](=O)[O-])c1O. The Morgan fingerprint density at radius 2 is 2.14 bits per heavy atom. The van der Waals surface area contributed by atoms with Crippen molar-refractivity contribution in [2.24, 2.45) is 0 Å². The van der Waals surface area contributed by atoms with Crippen LogP contribution in [0.1, 0.15) is 12.1 Å². The zero-order chi connectivity index (χ0) is 10.9. The molecule has 0 saturated heterocycles. The first-order chi connectivity index (χ1) is 6.43. The molecule has 0 saturated carbocycles. The molecule has 6 nitrogen and oxygen atoms in total. The van der Waals surface area contributed by atoms with Crippen LogP contribution in [0.25, 0.3) is 0 Å². The predicted octanol–water partition coefficient (Wildman–Crippen LogP) is 0.926. The monoisotopic (exact) mass is 206 g/mol. The smallest absolute Gasteiger partial charge is 0.318 e. The minimum Gasteiger partial charge on any atom is -0.498 e. The number of hydrogen-bond acceptors (Lipinski definition) is 4. The Kier molecular flexibility index (Phi) is 2.45. The highest BCUT2D eigenvalue weighted by atomic mass is 19.3. The van der Waals surface area contributed by atoms with Crippen LogP contribution in [0, 0.1) is 10.1 Å². The van der Waals surface area contributed by atoms with Gasteiger partial charge >= 0.3 is 5.69 Å². The van der Waals surface area contributed by atoms with E-state index in [1.807, 2.05) is 0 Å². The van der Waals surface area contributed by atoms with E-state index in [0.29, 0.717) is 6.07 Å². The second kappa shape index (κ2) is 3.40. The molecule has 0 fully saturated rings. The van der Waals surface area contributed by atoms with E-state index in [-0.39, 0.29) is 0 Å². The summed E-state index contributed by atoms with van der Waals surface area (Å²) >= 11 is 0. The molecule has 1 aromatic rings. The third kappa shape index (κ3) is 1.68. The molecule has 0 aliphatic carbocycles. The van der Waals surface area contributed by atoms with Gasteiger partial charge in [0.15, 0.2) is 0 Å². The maximum Gasteiger partial charge on any atom is 0.318 e. The van der Waals surface area contributed by atoms with Gasteiger partial charge in [0.1, 0.15) is 0 Å². The van der Waals surface area contributed by atoms with E-state index in [0.717, 1.165) is 0 Å². The minimum absolute atomic E-state index is 0.418. The summed E-state index contributed by atoms with van der Waals surface area (Å²) in [5.41, 5.74) is -3.25. The second-order valence-electron chi connectivity index (χ2n) is 2.35. The van der Waals surface area contributed by atoms with Crippen LogP contribution in [0.2, 0.25) is 0 Å². The maximum atomic E-state index is 12.0. The minimum atomic E-state index is -3.04. The van der Waals surface area contributed by atoms with E-state index >= 15 is 0 Å². The van der Waals surface area contributed by atoms with Gasteiger partial charge in [-0.25, -0.2) is 8.78 Å². The van der Waals surface area contributed by atoms with Crippen molar-refractivity contribution < 1.29 is 18.8 Å². The van der Waals surface area contributed by atoms with Crippen LogP contribution in [0.15, 0.2) is 10.9 Å². The molecular formula is C6H4F2N2O4. The fourth-order valence-corrected chi connectivity index (χ4v) is 0.815. The van der Waals surface area contributed by atoms with Crippen LogP contribution < -0.4 is 5.56 Å². The molecule has 1 aromatic heterocycles. The highest BCUT2D eigenvalue weighted by Crippen LogP contribution is 2.25. The summed E-state index contributed by atoms with van der Waals surface area (Å²) in [5.74, 6) is -1.18. The molecule has 14 heavy (non-hydrogen) atoms. The molecule has 1 rings (SSSR count). The topological polar surface area (TPSA) is 96.2 Å². The lowest BCUT2D eigenvalue weighted by Crippen LogP contribution is -2.10. The molecule has 76 valence electrons. The molecule has 0 spiro atoms. The summed E-state index contributed by atoms with van der Waals surface area (Å²) in [4.78, 5) is 21.4. The van der Waals surface area contributed by atoms with E-state index < -0.39 is 34.0 Å². The fraction of sp³-hybridized carbons (Fsp3) is 0.167. The highest BCUT2D eigenvalue weighted by molar-refractivity contribution is 5.44. The summed E-state index contributed by atoms with van der Waals surface area (Å²) in [6.45, 7) is 0. The number of aromatic amines is 1. The van der Waals surface area contributed by atoms with Crippen LogP contribution in [0.4, 0.5) is 14.5 Å². The number of nitrogens with one attached hydrogen (secondary N) is 1.